The highest BCUT2D eigenvalue weighted by molar-refractivity contribution is 7.88. The predicted molar refractivity (Wildman–Crippen MR) is 43.9 cm³/mol. The van der Waals surface area contributed by atoms with E-state index in [1.807, 2.05) is 0 Å². The molecular formula is C5H4N2S2. The lowest BCUT2D eigenvalue weighted by atomic mass is 10.5. The molecule has 0 aliphatic rings. The molecule has 2 nitrogen and oxygen atoms in total. The molecule has 0 aromatic carbocycles. The molecule has 9 heavy (non-hydrogen) atoms. The van der Waals surface area contributed by atoms with Crippen molar-refractivity contribution in [1.82, 2.24) is 9.97 Å². The van der Waals surface area contributed by atoms with Crippen molar-refractivity contribution in [2.24, 2.45) is 0 Å². The van der Waals surface area contributed by atoms with E-state index >= 15 is 0 Å². The first-order valence-electron chi connectivity index (χ1n) is 2.33. The Hall–Kier alpha value is -0.610. The Labute approximate surface area is 63.3 Å². The maximum Gasteiger partial charge on any atom is 0.149 e. The van der Waals surface area contributed by atoms with E-state index in [9.17, 15) is 0 Å². The van der Waals surface area contributed by atoms with Gasteiger partial charge in [0.05, 0.1) is 4.86 Å². The highest BCUT2D eigenvalue weighted by atomic mass is 32.1. The van der Waals surface area contributed by atoms with E-state index in [4.69, 9.17) is 12.2 Å². The maximum absolute atomic E-state index is 4.82. The molecule has 0 saturated carbocycles. The number of aromatic nitrogens is 2. The average molecular weight is 156 g/mol. The summed E-state index contributed by atoms with van der Waals surface area (Å²) in [5, 5.41) is 1.42. The van der Waals surface area contributed by atoms with Crippen LogP contribution in [0.25, 0.3) is 0 Å². The number of hydrogen-bond acceptors (Lipinski definition) is 3. The van der Waals surface area contributed by atoms with Crippen LogP contribution in [0.3, 0.4) is 0 Å². The molecule has 46 valence electrons. The molecule has 0 aliphatic heterocycles. The lowest BCUT2D eigenvalue weighted by Crippen LogP contribution is -1.98. The van der Waals surface area contributed by atoms with Gasteiger partial charge in [0, 0.05) is 17.8 Å². The zero-order valence-electron chi connectivity index (χ0n) is 4.50. The first-order valence-corrected chi connectivity index (χ1v) is 3.21. The first-order chi connectivity index (χ1) is 4.34. The number of nitrogens with zero attached hydrogens (tertiary/aromatic N) is 1. The largest absolute Gasteiger partial charge is 0.344 e. The van der Waals surface area contributed by atoms with Crippen LogP contribution in [0.2, 0.25) is 0 Å². The predicted octanol–water partition coefficient (Wildman–Crippen LogP) is 1.13. The molecule has 4 heteroatoms. The van der Waals surface area contributed by atoms with Gasteiger partial charge in [0.15, 0.2) is 0 Å². The molecule has 1 N–H and O–H groups in total. The number of nitrogens with one attached hydrogen (secondary N) is 1. The van der Waals surface area contributed by atoms with Gasteiger partial charge in [-0.05, 0) is 0 Å². The third kappa shape index (κ3) is 1.40. The third-order valence-electron chi connectivity index (χ3n) is 0.839. The van der Waals surface area contributed by atoms with Crippen LogP contribution < -0.4 is 0 Å². The standard InChI is InChI=1S/C5H4N2S2/c8-3-4(9)5-6-1-2-7-5/h1-3H,(H,6,7). The molecule has 0 bridgehead atoms. The summed E-state index contributed by atoms with van der Waals surface area (Å²) in [6.07, 6.45) is 3.35. The monoisotopic (exact) mass is 156 g/mol. The Bertz CT molecular complexity index is 215. The lowest BCUT2D eigenvalue weighted by molar-refractivity contribution is 1.28. The van der Waals surface area contributed by atoms with Crippen LogP contribution in [0.4, 0.5) is 0 Å². The number of aromatic amines is 1. The van der Waals surface area contributed by atoms with Crippen molar-refractivity contribution < 1.29 is 0 Å². The molecule has 0 amide bonds. The molecule has 0 saturated heterocycles. The molecule has 1 aromatic heterocycles. The van der Waals surface area contributed by atoms with Crippen molar-refractivity contribution in [3.05, 3.63) is 18.2 Å². The van der Waals surface area contributed by atoms with Gasteiger partial charge in [-0.25, -0.2) is 4.98 Å². The van der Waals surface area contributed by atoms with E-state index in [0.717, 1.165) is 0 Å². The third-order valence-corrected chi connectivity index (χ3v) is 1.53. The quantitative estimate of drug-likeness (QED) is 0.514. The average Bonchev–Trinajstić information content (AvgIpc) is 2.37. The number of H-pyrrole nitrogens is 1. The van der Waals surface area contributed by atoms with Crippen molar-refractivity contribution in [3.63, 3.8) is 0 Å². The number of thiocarbonyl (C=S) groups is 2. The maximum atomic E-state index is 4.82. The minimum atomic E-state index is 0.579. The van der Waals surface area contributed by atoms with Crippen LogP contribution in [0.1, 0.15) is 5.82 Å². The minimum Gasteiger partial charge on any atom is -0.344 e. The normalized spacial score (nSPS) is 8.89. The van der Waals surface area contributed by atoms with Crippen molar-refractivity contribution in [2.45, 2.75) is 0 Å². The van der Waals surface area contributed by atoms with Gasteiger partial charge in [0.25, 0.3) is 0 Å². The number of imidazole rings is 1. The van der Waals surface area contributed by atoms with Gasteiger partial charge < -0.3 is 4.98 Å². The highest BCUT2D eigenvalue weighted by Gasteiger charge is 1.95. The summed E-state index contributed by atoms with van der Waals surface area (Å²) >= 11 is 9.42. The van der Waals surface area contributed by atoms with E-state index < -0.39 is 0 Å². The molecule has 1 heterocycles. The van der Waals surface area contributed by atoms with E-state index in [2.05, 4.69) is 22.2 Å². The Morgan fingerprint density at radius 3 is 3.00 bits per heavy atom. The summed E-state index contributed by atoms with van der Waals surface area (Å²) in [6, 6.07) is 0. The van der Waals surface area contributed by atoms with Crippen LogP contribution in [-0.4, -0.2) is 20.2 Å². The van der Waals surface area contributed by atoms with E-state index in [-0.39, 0.29) is 0 Å². The van der Waals surface area contributed by atoms with E-state index in [1.165, 1.54) is 5.37 Å². The van der Waals surface area contributed by atoms with Crippen LogP contribution in [-0.2, 0) is 0 Å². The Kier molecular flexibility index (Phi) is 2.02. The summed E-state index contributed by atoms with van der Waals surface area (Å²) in [4.78, 5) is 7.31. The molecule has 0 atom stereocenters. The molecular weight excluding hydrogens is 152 g/mol. The fraction of sp³-hybridized carbons (Fsp3) is 0. The van der Waals surface area contributed by atoms with Crippen molar-refractivity contribution >= 4 is 34.7 Å². The zero-order chi connectivity index (χ0) is 6.69. The van der Waals surface area contributed by atoms with Crippen molar-refractivity contribution in [3.8, 4) is 0 Å². The van der Waals surface area contributed by atoms with Crippen molar-refractivity contribution in [2.75, 3.05) is 0 Å². The van der Waals surface area contributed by atoms with E-state index in [0.29, 0.717) is 10.7 Å². The summed E-state index contributed by atoms with van der Waals surface area (Å²) < 4.78 is 0. The second kappa shape index (κ2) is 2.80. The molecule has 0 fully saturated rings. The van der Waals surface area contributed by atoms with Gasteiger partial charge in [-0.1, -0.05) is 24.4 Å². The fourth-order valence-electron chi connectivity index (χ4n) is 0.456. The van der Waals surface area contributed by atoms with Crippen LogP contribution in [0.5, 0.6) is 0 Å². The Balaban J connectivity index is 2.89. The number of rotatable bonds is 2. The van der Waals surface area contributed by atoms with Crippen molar-refractivity contribution in [1.29, 1.82) is 0 Å². The summed E-state index contributed by atoms with van der Waals surface area (Å²) in [6.45, 7) is 0. The second-order valence-corrected chi connectivity index (χ2v) is 2.10. The van der Waals surface area contributed by atoms with Crippen LogP contribution >= 0.6 is 24.4 Å². The smallest absolute Gasteiger partial charge is 0.149 e. The Morgan fingerprint density at radius 1 is 1.78 bits per heavy atom. The van der Waals surface area contributed by atoms with Crippen LogP contribution in [0, 0.1) is 0 Å². The molecule has 0 spiro atoms. The van der Waals surface area contributed by atoms with Gasteiger partial charge in [0.1, 0.15) is 5.82 Å². The SMILES string of the molecule is S=CC(=S)c1ncc[nH]1. The summed E-state index contributed by atoms with van der Waals surface area (Å²) in [5.74, 6) is 0.667. The topological polar surface area (TPSA) is 28.7 Å². The van der Waals surface area contributed by atoms with E-state index in [1.54, 1.807) is 12.4 Å². The molecule has 0 radical (unpaired) electrons. The van der Waals surface area contributed by atoms with Crippen LogP contribution in [0.15, 0.2) is 12.4 Å². The molecule has 0 aliphatic carbocycles. The summed E-state index contributed by atoms with van der Waals surface area (Å²) in [5.41, 5.74) is 0. The minimum absolute atomic E-state index is 0.579. The molecule has 0 unspecified atom stereocenters. The first kappa shape index (κ1) is 6.51. The molecule has 1 aromatic rings. The fourth-order valence-corrected chi connectivity index (χ4v) is 0.679. The van der Waals surface area contributed by atoms with Gasteiger partial charge in [-0.2, -0.15) is 0 Å². The number of hydrogen-bond donors (Lipinski definition) is 1. The van der Waals surface area contributed by atoms with Gasteiger partial charge in [-0.15, -0.1) is 0 Å². The summed E-state index contributed by atoms with van der Waals surface area (Å²) in [7, 11) is 0. The molecule has 1 rings (SSSR count). The van der Waals surface area contributed by atoms with Gasteiger partial charge in [0.2, 0.25) is 0 Å². The second-order valence-electron chi connectivity index (χ2n) is 1.42. The zero-order valence-corrected chi connectivity index (χ0v) is 6.13. The lowest BCUT2D eigenvalue weighted by Gasteiger charge is -1.85. The highest BCUT2D eigenvalue weighted by Crippen LogP contribution is 1.89. The Morgan fingerprint density at radius 2 is 2.56 bits per heavy atom. The van der Waals surface area contributed by atoms with Gasteiger partial charge in [-0.3, -0.25) is 0 Å². The van der Waals surface area contributed by atoms with Gasteiger partial charge >= 0.3 is 0 Å².